The fourth-order valence-corrected chi connectivity index (χ4v) is 4.78. The van der Waals surface area contributed by atoms with Crippen molar-refractivity contribution in [1.29, 1.82) is 0 Å². The first-order chi connectivity index (χ1) is 13.2. The maximum absolute atomic E-state index is 12.6. The van der Waals surface area contributed by atoms with E-state index in [9.17, 15) is 13.2 Å². The summed E-state index contributed by atoms with van der Waals surface area (Å²) in [6.07, 6.45) is 1.83. The maximum Gasteiger partial charge on any atom is 0.251 e. The SMILES string of the molecule is CC(C)(C)c1ccc(C(=O)NCc2ccc(S(=O)(=O)N3CCCC3)cc2)cc1. The predicted molar refractivity (Wildman–Crippen MR) is 111 cm³/mol. The topological polar surface area (TPSA) is 66.5 Å². The largest absolute Gasteiger partial charge is 0.348 e. The van der Waals surface area contributed by atoms with Gasteiger partial charge in [0.15, 0.2) is 0 Å². The zero-order chi connectivity index (χ0) is 20.4. The van der Waals surface area contributed by atoms with Gasteiger partial charge in [-0.15, -0.1) is 0 Å². The summed E-state index contributed by atoms with van der Waals surface area (Å²) in [4.78, 5) is 12.7. The highest BCUT2D eigenvalue weighted by Crippen LogP contribution is 2.23. The summed E-state index contributed by atoms with van der Waals surface area (Å²) in [5.74, 6) is -0.144. The smallest absolute Gasteiger partial charge is 0.251 e. The van der Waals surface area contributed by atoms with E-state index in [1.165, 1.54) is 9.87 Å². The van der Waals surface area contributed by atoms with Gasteiger partial charge in [0.1, 0.15) is 0 Å². The molecule has 0 bridgehead atoms. The van der Waals surface area contributed by atoms with E-state index < -0.39 is 10.0 Å². The molecular formula is C22H28N2O3S. The van der Waals surface area contributed by atoms with Crippen LogP contribution in [0.25, 0.3) is 0 Å². The molecule has 0 atom stereocenters. The molecule has 1 saturated heterocycles. The van der Waals surface area contributed by atoms with E-state index in [1.54, 1.807) is 24.3 Å². The molecule has 1 aliphatic rings. The van der Waals surface area contributed by atoms with E-state index in [0.717, 1.165) is 18.4 Å². The summed E-state index contributed by atoms with van der Waals surface area (Å²) in [7, 11) is -3.40. The second-order valence-electron chi connectivity index (χ2n) is 8.27. The summed E-state index contributed by atoms with van der Waals surface area (Å²) in [5, 5.41) is 2.89. The van der Waals surface area contributed by atoms with E-state index in [4.69, 9.17) is 0 Å². The minimum Gasteiger partial charge on any atom is -0.348 e. The Morgan fingerprint density at radius 1 is 0.964 bits per heavy atom. The zero-order valence-electron chi connectivity index (χ0n) is 16.7. The number of nitrogens with one attached hydrogen (secondary N) is 1. The van der Waals surface area contributed by atoms with Gasteiger partial charge < -0.3 is 5.32 Å². The average Bonchev–Trinajstić information content (AvgIpc) is 3.21. The highest BCUT2D eigenvalue weighted by atomic mass is 32.2. The van der Waals surface area contributed by atoms with Crippen LogP contribution in [0.1, 0.15) is 55.1 Å². The van der Waals surface area contributed by atoms with Crippen LogP contribution in [0.4, 0.5) is 0 Å². The van der Waals surface area contributed by atoms with Crippen LogP contribution in [0, 0.1) is 0 Å². The van der Waals surface area contributed by atoms with Crippen molar-refractivity contribution in [2.24, 2.45) is 0 Å². The second-order valence-corrected chi connectivity index (χ2v) is 10.2. The van der Waals surface area contributed by atoms with Crippen molar-refractivity contribution in [2.45, 2.75) is 50.5 Å². The normalized spacial score (nSPS) is 15.5. The molecule has 150 valence electrons. The highest BCUT2D eigenvalue weighted by Gasteiger charge is 2.26. The summed E-state index contributed by atoms with van der Waals surface area (Å²) < 4.78 is 26.6. The van der Waals surface area contributed by atoms with Crippen molar-refractivity contribution in [3.8, 4) is 0 Å². The molecule has 28 heavy (non-hydrogen) atoms. The number of hydrogen-bond acceptors (Lipinski definition) is 3. The molecule has 0 aliphatic carbocycles. The van der Waals surface area contributed by atoms with Gasteiger partial charge >= 0.3 is 0 Å². The van der Waals surface area contributed by atoms with Crippen LogP contribution in [-0.2, 0) is 22.0 Å². The molecule has 1 N–H and O–H groups in total. The lowest BCUT2D eigenvalue weighted by atomic mass is 9.87. The van der Waals surface area contributed by atoms with Crippen LogP contribution in [0.15, 0.2) is 53.4 Å². The molecule has 0 radical (unpaired) electrons. The standard InChI is InChI=1S/C22H28N2O3S/c1-22(2,3)19-10-8-18(9-11-19)21(25)23-16-17-6-12-20(13-7-17)28(26,27)24-14-4-5-15-24/h6-13H,4-5,14-16H2,1-3H3,(H,23,25). The number of amides is 1. The van der Waals surface area contributed by atoms with E-state index in [1.807, 2.05) is 24.3 Å². The molecule has 2 aromatic rings. The minimum atomic E-state index is -3.40. The number of carbonyl (C=O) groups is 1. The first-order valence-corrected chi connectivity index (χ1v) is 11.1. The third-order valence-corrected chi connectivity index (χ3v) is 7.01. The van der Waals surface area contributed by atoms with E-state index in [-0.39, 0.29) is 11.3 Å². The molecule has 6 heteroatoms. The maximum atomic E-state index is 12.6. The van der Waals surface area contributed by atoms with E-state index >= 15 is 0 Å². The molecule has 5 nitrogen and oxygen atoms in total. The van der Waals surface area contributed by atoms with Gasteiger partial charge in [0.05, 0.1) is 4.90 Å². The Kier molecular flexibility index (Phi) is 5.91. The molecule has 1 heterocycles. The van der Waals surface area contributed by atoms with Gasteiger partial charge in [-0.25, -0.2) is 8.42 Å². The Balaban J connectivity index is 1.61. The molecule has 0 spiro atoms. The first-order valence-electron chi connectivity index (χ1n) is 9.66. The van der Waals surface area contributed by atoms with Crippen LogP contribution < -0.4 is 5.32 Å². The lowest BCUT2D eigenvalue weighted by molar-refractivity contribution is 0.0951. The summed E-state index contributed by atoms with van der Waals surface area (Å²) in [5.41, 5.74) is 2.70. The van der Waals surface area contributed by atoms with Crippen LogP contribution in [0.2, 0.25) is 0 Å². The number of hydrogen-bond donors (Lipinski definition) is 1. The Morgan fingerprint density at radius 3 is 2.07 bits per heavy atom. The predicted octanol–water partition coefficient (Wildman–Crippen LogP) is 3.70. The van der Waals surface area contributed by atoms with Crippen LogP contribution in [0.3, 0.4) is 0 Å². The Bertz CT molecular complexity index is 921. The number of carbonyl (C=O) groups excluding carboxylic acids is 1. The zero-order valence-corrected chi connectivity index (χ0v) is 17.6. The van der Waals surface area contributed by atoms with Gasteiger partial charge in [0, 0.05) is 25.2 Å². The van der Waals surface area contributed by atoms with Crippen molar-refractivity contribution in [3.63, 3.8) is 0 Å². The lowest BCUT2D eigenvalue weighted by Crippen LogP contribution is -2.28. The van der Waals surface area contributed by atoms with Gasteiger partial charge in [-0.3, -0.25) is 4.79 Å². The fourth-order valence-electron chi connectivity index (χ4n) is 3.26. The van der Waals surface area contributed by atoms with Crippen molar-refractivity contribution in [1.82, 2.24) is 9.62 Å². The van der Waals surface area contributed by atoms with Crippen molar-refractivity contribution < 1.29 is 13.2 Å². The first kappa shape index (κ1) is 20.6. The summed E-state index contributed by atoms with van der Waals surface area (Å²) in [6, 6.07) is 14.4. The van der Waals surface area contributed by atoms with E-state index in [2.05, 4.69) is 26.1 Å². The summed E-state index contributed by atoms with van der Waals surface area (Å²) in [6.45, 7) is 7.94. The van der Waals surface area contributed by atoms with Crippen LogP contribution >= 0.6 is 0 Å². The van der Waals surface area contributed by atoms with Crippen LogP contribution in [0.5, 0.6) is 0 Å². The van der Waals surface area contributed by atoms with Crippen molar-refractivity contribution >= 4 is 15.9 Å². The van der Waals surface area contributed by atoms with Gasteiger partial charge in [0.2, 0.25) is 10.0 Å². The lowest BCUT2D eigenvalue weighted by Gasteiger charge is -2.19. The fraction of sp³-hybridized carbons (Fsp3) is 0.409. The Hall–Kier alpha value is -2.18. The molecule has 1 fully saturated rings. The molecule has 1 amide bonds. The highest BCUT2D eigenvalue weighted by molar-refractivity contribution is 7.89. The molecule has 0 aromatic heterocycles. The van der Waals surface area contributed by atoms with E-state index in [0.29, 0.717) is 30.1 Å². The Morgan fingerprint density at radius 2 is 1.54 bits per heavy atom. The molecular weight excluding hydrogens is 372 g/mol. The number of nitrogens with zero attached hydrogens (tertiary/aromatic N) is 1. The van der Waals surface area contributed by atoms with Gasteiger partial charge in [-0.2, -0.15) is 4.31 Å². The van der Waals surface area contributed by atoms with Crippen molar-refractivity contribution in [3.05, 3.63) is 65.2 Å². The number of sulfonamides is 1. The third kappa shape index (κ3) is 4.62. The second kappa shape index (κ2) is 8.05. The monoisotopic (exact) mass is 400 g/mol. The minimum absolute atomic E-state index is 0.0478. The number of benzene rings is 2. The third-order valence-electron chi connectivity index (χ3n) is 5.09. The quantitative estimate of drug-likeness (QED) is 0.832. The molecule has 2 aromatic carbocycles. The molecule has 3 rings (SSSR count). The summed E-state index contributed by atoms with van der Waals surface area (Å²) >= 11 is 0. The molecule has 0 unspecified atom stereocenters. The van der Waals surface area contributed by atoms with Crippen molar-refractivity contribution in [2.75, 3.05) is 13.1 Å². The average molecular weight is 401 g/mol. The molecule has 1 aliphatic heterocycles. The van der Waals surface area contributed by atoms with Gasteiger partial charge in [-0.1, -0.05) is 45.0 Å². The number of rotatable bonds is 5. The van der Waals surface area contributed by atoms with Gasteiger partial charge in [-0.05, 0) is 53.6 Å². The van der Waals surface area contributed by atoms with Crippen LogP contribution in [-0.4, -0.2) is 31.7 Å². The van der Waals surface area contributed by atoms with Gasteiger partial charge in [0.25, 0.3) is 5.91 Å². The molecule has 0 saturated carbocycles. The Labute approximate surface area is 167 Å².